The summed E-state index contributed by atoms with van der Waals surface area (Å²) in [5.41, 5.74) is 0.161. The fourth-order valence-corrected chi connectivity index (χ4v) is 3.98. The lowest BCUT2D eigenvalue weighted by Gasteiger charge is -2.18. The summed E-state index contributed by atoms with van der Waals surface area (Å²) in [7, 11) is 0.451. The molecule has 0 saturated carbocycles. The molecule has 0 aromatic heterocycles. The minimum Gasteiger partial charge on any atom is -0.494 e. The number of hydrogen-bond acceptors (Lipinski definition) is 7. The van der Waals surface area contributed by atoms with Gasteiger partial charge in [-0.1, -0.05) is 0 Å². The minimum absolute atomic E-state index is 0.0237. The van der Waals surface area contributed by atoms with Gasteiger partial charge < -0.3 is 24.3 Å². The maximum absolute atomic E-state index is 13.0. The number of carbonyl (C=O) groups is 1. The molecule has 0 aliphatic rings. The second kappa shape index (κ2) is 11.6. The van der Waals surface area contributed by atoms with Crippen LogP contribution in [0, 0.1) is 0 Å². The van der Waals surface area contributed by atoms with E-state index in [1.807, 2.05) is 13.8 Å². The number of amides is 1. The SMILES string of the molecule is CCOc1ccc(S(=O)(=O)Nc2cc(OC)c(OC)cc2C(=O)NC(C)CCOC)cc1. The largest absolute Gasteiger partial charge is 0.494 e. The minimum atomic E-state index is -3.99. The van der Waals surface area contributed by atoms with Crippen LogP contribution in [0.15, 0.2) is 41.3 Å². The predicted molar refractivity (Wildman–Crippen MR) is 121 cm³/mol. The molecule has 1 unspecified atom stereocenters. The van der Waals surface area contributed by atoms with Crippen molar-refractivity contribution in [1.82, 2.24) is 5.32 Å². The molecule has 2 N–H and O–H groups in total. The first-order valence-electron chi connectivity index (χ1n) is 10.1. The van der Waals surface area contributed by atoms with E-state index >= 15 is 0 Å². The summed E-state index contributed by atoms with van der Waals surface area (Å²) in [6.07, 6.45) is 0.600. The Morgan fingerprint density at radius 2 is 1.66 bits per heavy atom. The van der Waals surface area contributed by atoms with Crippen LogP contribution in [0.2, 0.25) is 0 Å². The van der Waals surface area contributed by atoms with E-state index in [1.54, 1.807) is 19.2 Å². The molecule has 0 aliphatic carbocycles. The molecule has 0 saturated heterocycles. The van der Waals surface area contributed by atoms with Gasteiger partial charge in [0.15, 0.2) is 11.5 Å². The Morgan fingerprint density at radius 3 is 2.22 bits per heavy atom. The Bertz CT molecular complexity index is 1010. The number of anilines is 1. The summed E-state index contributed by atoms with van der Waals surface area (Å²) in [6, 6.07) is 8.66. The Balaban J connectivity index is 2.40. The molecule has 32 heavy (non-hydrogen) atoms. The van der Waals surface area contributed by atoms with E-state index in [4.69, 9.17) is 18.9 Å². The third kappa shape index (κ3) is 6.51. The highest BCUT2D eigenvalue weighted by molar-refractivity contribution is 7.92. The van der Waals surface area contributed by atoms with Crippen molar-refractivity contribution in [3.8, 4) is 17.2 Å². The van der Waals surface area contributed by atoms with Crippen molar-refractivity contribution in [2.45, 2.75) is 31.2 Å². The van der Waals surface area contributed by atoms with Crippen LogP contribution in [-0.2, 0) is 14.8 Å². The average molecular weight is 467 g/mol. The monoisotopic (exact) mass is 466 g/mol. The van der Waals surface area contributed by atoms with E-state index < -0.39 is 15.9 Å². The number of benzene rings is 2. The number of hydrogen-bond donors (Lipinski definition) is 2. The zero-order valence-electron chi connectivity index (χ0n) is 18.9. The van der Waals surface area contributed by atoms with E-state index in [-0.39, 0.29) is 27.9 Å². The summed E-state index contributed by atoms with van der Waals surface area (Å²) < 4.78 is 49.4. The molecule has 176 valence electrons. The van der Waals surface area contributed by atoms with Gasteiger partial charge in [-0.05, 0) is 50.6 Å². The van der Waals surface area contributed by atoms with Crippen LogP contribution >= 0.6 is 0 Å². The molecule has 2 aromatic rings. The van der Waals surface area contributed by atoms with Gasteiger partial charge in [-0.2, -0.15) is 0 Å². The Kier molecular flexibility index (Phi) is 9.15. The summed E-state index contributed by atoms with van der Waals surface area (Å²) in [5.74, 6) is 0.675. The number of sulfonamides is 1. The van der Waals surface area contributed by atoms with Crippen molar-refractivity contribution < 1.29 is 32.2 Å². The third-order valence-electron chi connectivity index (χ3n) is 4.59. The quantitative estimate of drug-likeness (QED) is 0.494. The third-order valence-corrected chi connectivity index (χ3v) is 5.97. The molecule has 9 nitrogen and oxygen atoms in total. The molecule has 2 aromatic carbocycles. The zero-order valence-corrected chi connectivity index (χ0v) is 19.7. The van der Waals surface area contributed by atoms with E-state index in [2.05, 4.69) is 10.0 Å². The lowest BCUT2D eigenvalue weighted by atomic mass is 10.1. The van der Waals surface area contributed by atoms with Crippen LogP contribution < -0.4 is 24.2 Å². The zero-order chi connectivity index (χ0) is 23.7. The number of methoxy groups -OCH3 is 3. The van der Waals surface area contributed by atoms with Crippen LogP contribution in [0.1, 0.15) is 30.6 Å². The summed E-state index contributed by atoms with van der Waals surface area (Å²) in [6.45, 7) is 4.62. The van der Waals surface area contributed by atoms with Crippen molar-refractivity contribution >= 4 is 21.6 Å². The molecular formula is C22H30N2O7S. The van der Waals surface area contributed by atoms with Gasteiger partial charge in [0, 0.05) is 25.8 Å². The first-order valence-corrected chi connectivity index (χ1v) is 11.6. The van der Waals surface area contributed by atoms with Gasteiger partial charge in [-0.3, -0.25) is 9.52 Å². The highest BCUT2D eigenvalue weighted by atomic mass is 32.2. The Labute approximate surface area is 189 Å². The van der Waals surface area contributed by atoms with Crippen molar-refractivity contribution in [2.24, 2.45) is 0 Å². The molecule has 0 radical (unpaired) electrons. The maximum Gasteiger partial charge on any atom is 0.261 e. The molecule has 0 aliphatic heterocycles. The highest BCUT2D eigenvalue weighted by Crippen LogP contribution is 2.34. The second-order valence-corrected chi connectivity index (χ2v) is 8.60. The molecule has 1 atom stereocenters. The normalized spacial score (nSPS) is 12.0. The molecule has 0 fully saturated rings. The van der Waals surface area contributed by atoms with Gasteiger partial charge in [0.25, 0.3) is 15.9 Å². The van der Waals surface area contributed by atoms with Crippen LogP contribution in [0.4, 0.5) is 5.69 Å². The Hall–Kier alpha value is -2.98. The number of carbonyl (C=O) groups excluding carboxylic acids is 1. The topological polar surface area (TPSA) is 112 Å². The summed E-state index contributed by atoms with van der Waals surface area (Å²) in [4.78, 5) is 13.0. The van der Waals surface area contributed by atoms with E-state index in [9.17, 15) is 13.2 Å². The predicted octanol–water partition coefficient (Wildman–Crippen LogP) is 3.06. The summed E-state index contributed by atoms with van der Waals surface area (Å²) in [5, 5.41) is 2.84. The van der Waals surface area contributed by atoms with Gasteiger partial charge in [0.05, 0.1) is 37.0 Å². The van der Waals surface area contributed by atoms with E-state index in [0.717, 1.165) is 0 Å². The van der Waals surface area contributed by atoms with Crippen molar-refractivity contribution in [1.29, 1.82) is 0 Å². The molecule has 0 bridgehead atoms. The van der Waals surface area contributed by atoms with Crippen LogP contribution in [0.25, 0.3) is 0 Å². The number of rotatable bonds is 12. The van der Waals surface area contributed by atoms with Crippen molar-refractivity contribution in [3.63, 3.8) is 0 Å². The van der Waals surface area contributed by atoms with Crippen LogP contribution in [-0.4, -0.2) is 54.9 Å². The average Bonchev–Trinajstić information content (AvgIpc) is 2.77. The first-order chi connectivity index (χ1) is 15.2. The fraction of sp³-hybridized carbons (Fsp3) is 0.409. The second-order valence-electron chi connectivity index (χ2n) is 6.92. The first kappa shape index (κ1) is 25.3. The lowest BCUT2D eigenvalue weighted by molar-refractivity contribution is 0.0930. The molecule has 0 heterocycles. The molecular weight excluding hydrogens is 436 g/mol. The van der Waals surface area contributed by atoms with Gasteiger partial charge in [-0.25, -0.2) is 8.42 Å². The van der Waals surface area contributed by atoms with Crippen LogP contribution in [0.3, 0.4) is 0 Å². The smallest absolute Gasteiger partial charge is 0.261 e. The molecule has 0 spiro atoms. The number of nitrogens with one attached hydrogen (secondary N) is 2. The molecule has 10 heteroatoms. The van der Waals surface area contributed by atoms with Crippen molar-refractivity contribution in [2.75, 3.05) is 39.3 Å². The molecule has 1 amide bonds. The summed E-state index contributed by atoms with van der Waals surface area (Å²) >= 11 is 0. The van der Waals surface area contributed by atoms with Crippen LogP contribution in [0.5, 0.6) is 17.2 Å². The van der Waals surface area contributed by atoms with Gasteiger partial charge >= 0.3 is 0 Å². The van der Waals surface area contributed by atoms with Gasteiger partial charge in [0.2, 0.25) is 0 Å². The Morgan fingerprint density at radius 1 is 1.03 bits per heavy atom. The van der Waals surface area contributed by atoms with E-state index in [0.29, 0.717) is 31.1 Å². The van der Waals surface area contributed by atoms with Gasteiger partial charge in [-0.15, -0.1) is 0 Å². The maximum atomic E-state index is 13.0. The molecule has 2 rings (SSSR count). The number of ether oxygens (including phenoxy) is 4. The highest BCUT2D eigenvalue weighted by Gasteiger charge is 2.23. The fourth-order valence-electron chi connectivity index (χ4n) is 2.90. The van der Waals surface area contributed by atoms with Crippen molar-refractivity contribution in [3.05, 3.63) is 42.0 Å². The lowest BCUT2D eigenvalue weighted by Crippen LogP contribution is -2.34. The van der Waals surface area contributed by atoms with E-state index in [1.165, 1.54) is 38.5 Å². The van der Waals surface area contributed by atoms with Gasteiger partial charge in [0.1, 0.15) is 5.75 Å². The standard InChI is InChI=1S/C22H30N2O7S/c1-6-31-16-7-9-17(10-8-16)32(26,27)24-19-14-21(30-5)20(29-4)13-18(19)22(25)23-15(2)11-12-28-3/h7-10,13-15,24H,6,11-12H2,1-5H3,(H,23,25).